The van der Waals surface area contributed by atoms with Crippen LogP contribution in [-0.4, -0.2) is 76.8 Å². The lowest BCUT2D eigenvalue weighted by Crippen LogP contribution is -2.41. The molecular formula is C26H42Cl3N12O8P. The average Bonchev–Trinajstić information content (AvgIpc) is 3.24. The molecule has 0 saturated carbocycles. The number of hydrazone groups is 1. The molecule has 3 heterocycles. The number of esters is 1. The van der Waals surface area contributed by atoms with Gasteiger partial charge in [-0.2, -0.15) is 10.2 Å². The summed E-state index contributed by atoms with van der Waals surface area (Å²) in [5.74, 6) is 4.61. The first-order valence-electron chi connectivity index (χ1n) is 14.2. The van der Waals surface area contributed by atoms with Crippen molar-refractivity contribution < 1.29 is 28.5 Å². The van der Waals surface area contributed by atoms with Gasteiger partial charge in [-0.15, -0.1) is 10.2 Å². The summed E-state index contributed by atoms with van der Waals surface area (Å²) in [5, 5.41) is 16.3. The van der Waals surface area contributed by atoms with Crippen LogP contribution in [0.2, 0.25) is 0 Å². The first-order valence-corrected chi connectivity index (χ1v) is 18.6. The number of Topliss-reactive ketones (excluding diaryl/α,β-unsaturated/α-hetero) is 1. The number of H-pyrrole nitrogens is 2. The second-order valence-electron chi connectivity index (χ2n) is 9.77. The minimum atomic E-state index is -3.22. The molecule has 0 saturated heterocycles. The van der Waals surface area contributed by atoms with Gasteiger partial charge < -0.3 is 36.9 Å². The summed E-state index contributed by atoms with van der Waals surface area (Å²) < 4.78 is 15.6. The Hall–Kier alpha value is -4.39. The number of aryl methyl sites for hydroxylation is 4. The van der Waals surface area contributed by atoms with E-state index >= 15 is 0 Å². The Labute approximate surface area is 301 Å². The number of nitrogens with two attached hydrogens (primary N) is 2. The highest BCUT2D eigenvalue weighted by molar-refractivity contribution is 8.24. The fraction of sp³-hybridized carbons (Fsp3) is 0.500. The number of aromatic amines is 2. The molecule has 0 spiro atoms. The molecule has 3 rings (SSSR count). The van der Waals surface area contributed by atoms with E-state index in [4.69, 9.17) is 5.73 Å². The number of nitrogens with zero attached hydrogens (tertiary/aromatic N) is 6. The lowest BCUT2D eigenvalue weighted by molar-refractivity contribution is -0.154. The second kappa shape index (κ2) is 23.1. The monoisotopic (exact) mass is 786 g/mol. The highest BCUT2D eigenvalue weighted by Gasteiger charge is 2.22. The van der Waals surface area contributed by atoms with E-state index in [-0.39, 0.29) is 35.2 Å². The summed E-state index contributed by atoms with van der Waals surface area (Å²) in [6.45, 7) is 16.2. The number of ketones is 1. The van der Waals surface area contributed by atoms with E-state index in [0.717, 1.165) is 5.82 Å². The number of carbonyl (C=O) groups excluding carboxylic acids is 4. The quantitative estimate of drug-likeness (QED) is 0.0394. The number of amidine groups is 1. The molecule has 8 N–H and O–H groups in total. The predicted molar refractivity (Wildman–Crippen MR) is 189 cm³/mol. The Kier molecular flexibility index (Phi) is 22.0. The number of hydrogen-bond donors (Lipinski definition) is 6. The van der Waals surface area contributed by atoms with E-state index < -0.39 is 29.0 Å². The standard InChI is InChI=1S/C8H12N4O2.C8H10N4O.C8H13NO4.C2H7N3.Cl3OP/c1-4(9-6(3)13)7-8(14)10-5(2)11-12-7;1-4-7-8(13)10-5(2)11-12(7)6(3)9-4;1-4-13-8(12)7(11)5(2)9-6(3)10;1-2(3)5-4;1-5(2,3)4/h4H,1-3H3,(H,9,13)(H,10,11,14);1-3H3,(H,10,11,13);5H,4H2,1-3H3,(H,9,10);4H2,1H3,(H2,3,5);. The maximum atomic E-state index is 11.5. The van der Waals surface area contributed by atoms with Crippen LogP contribution >= 0.6 is 38.9 Å². The van der Waals surface area contributed by atoms with E-state index in [9.17, 15) is 33.3 Å². The van der Waals surface area contributed by atoms with Gasteiger partial charge in [0.05, 0.1) is 24.4 Å². The van der Waals surface area contributed by atoms with Gasteiger partial charge in [0.25, 0.3) is 16.9 Å². The van der Waals surface area contributed by atoms with Gasteiger partial charge in [-0.3, -0.25) is 28.5 Å². The molecule has 3 aromatic heterocycles. The lowest BCUT2D eigenvalue weighted by Gasteiger charge is -2.09. The molecule has 0 aromatic carbocycles. The van der Waals surface area contributed by atoms with Gasteiger partial charge in [0, 0.05) is 13.8 Å². The minimum Gasteiger partial charge on any atom is -0.460 e. The van der Waals surface area contributed by atoms with E-state index in [1.807, 2.05) is 6.92 Å². The largest absolute Gasteiger partial charge is 0.460 e. The van der Waals surface area contributed by atoms with E-state index in [0.29, 0.717) is 28.7 Å². The molecule has 2 unspecified atom stereocenters. The number of halogens is 3. The van der Waals surface area contributed by atoms with Crippen LogP contribution in [0.5, 0.6) is 0 Å². The molecule has 280 valence electrons. The van der Waals surface area contributed by atoms with Crippen LogP contribution in [0.4, 0.5) is 0 Å². The van der Waals surface area contributed by atoms with Crippen molar-refractivity contribution in [3.63, 3.8) is 0 Å². The number of rotatable bonds is 6. The second-order valence-corrected chi connectivity index (χ2v) is 16.4. The number of nitrogens with one attached hydrogen (secondary N) is 4. The summed E-state index contributed by atoms with van der Waals surface area (Å²) in [7, 11) is 0. The molecule has 0 aliphatic carbocycles. The molecule has 0 aliphatic rings. The topological polar surface area (TPSA) is 305 Å². The average molecular weight is 788 g/mol. The third-order valence-electron chi connectivity index (χ3n) is 5.11. The maximum absolute atomic E-state index is 11.5. The highest BCUT2D eigenvalue weighted by atomic mass is 36.0. The van der Waals surface area contributed by atoms with Crippen molar-refractivity contribution >= 4 is 73.8 Å². The van der Waals surface area contributed by atoms with Crippen LogP contribution in [0.25, 0.3) is 5.52 Å². The smallest absolute Gasteiger partial charge is 0.376 e. The highest BCUT2D eigenvalue weighted by Crippen LogP contribution is 2.61. The number of hydrogen-bond acceptors (Lipinski definition) is 14. The van der Waals surface area contributed by atoms with Crippen LogP contribution in [0.15, 0.2) is 14.7 Å². The van der Waals surface area contributed by atoms with Crippen molar-refractivity contribution in [3.05, 3.63) is 49.6 Å². The van der Waals surface area contributed by atoms with Crippen molar-refractivity contribution in [3.8, 4) is 0 Å². The summed E-state index contributed by atoms with van der Waals surface area (Å²) in [4.78, 5) is 75.3. The maximum Gasteiger partial charge on any atom is 0.376 e. The Bertz CT molecular complexity index is 1790. The van der Waals surface area contributed by atoms with Crippen LogP contribution in [0.3, 0.4) is 0 Å². The molecule has 0 fully saturated rings. The molecular weight excluding hydrogens is 746 g/mol. The Morgan fingerprint density at radius 3 is 1.84 bits per heavy atom. The van der Waals surface area contributed by atoms with Gasteiger partial charge in [0.15, 0.2) is 5.52 Å². The van der Waals surface area contributed by atoms with Crippen molar-refractivity contribution in [1.82, 2.24) is 45.4 Å². The fourth-order valence-corrected chi connectivity index (χ4v) is 3.27. The normalized spacial score (nSPS) is 11.7. The molecule has 0 radical (unpaired) electrons. The summed E-state index contributed by atoms with van der Waals surface area (Å²) in [6.07, 6.45) is 0. The van der Waals surface area contributed by atoms with Gasteiger partial charge in [-0.05, 0) is 89.1 Å². The van der Waals surface area contributed by atoms with Gasteiger partial charge in [-0.25, -0.2) is 14.3 Å². The van der Waals surface area contributed by atoms with Crippen LogP contribution in [-0.2, 0) is 28.5 Å². The van der Waals surface area contributed by atoms with Gasteiger partial charge in [-0.1, -0.05) is 0 Å². The number of ether oxygens (including phenoxy) is 1. The molecule has 50 heavy (non-hydrogen) atoms. The Morgan fingerprint density at radius 2 is 1.42 bits per heavy atom. The number of amides is 2. The van der Waals surface area contributed by atoms with Crippen molar-refractivity contribution in [2.24, 2.45) is 16.7 Å². The lowest BCUT2D eigenvalue weighted by atomic mass is 10.2. The fourth-order valence-electron chi connectivity index (χ4n) is 3.27. The third kappa shape index (κ3) is 20.9. The van der Waals surface area contributed by atoms with Gasteiger partial charge >= 0.3 is 11.2 Å². The van der Waals surface area contributed by atoms with Gasteiger partial charge in [0.1, 0.15) is 29.0 Å². The first-order chi connectivity index (χ1) is 22.9. The summed E-state index contributed by atoms with van der Waals surface area (Å²) >= 11 is 13.8. The van der Waals surface area contributed by atoms with Gasteiger partial charge in [0.2, 0.25) is 11.8 Å². The van der Waals surface area contributed by atoms with Crippen molar-refractivity contribution in [1.29, 1.82) is 0 Å². The number of imidazole rings is 1. The molecule has 3 aromatic rings. The third-order valence-corrected chi connectivity index (χ3v) is 5.11. The molecule has 2 atom stereocenters. The number of fused-ring (bicyclic) bond motifs is 1. The predicted octanol–water partition coefficient (Wildman–Crippen LogP) is 1.70. The minimum absolute atomic E-state index is 0.134. The molecule has 0 bridgehead atoms. The first kappa shape index (κ1) is 47.7. The Morgan fingerprint density at radius 1 is 0.940 bits per heavy atom. The van der Waals surface area contributed by atoms with E-state index in [1.54, 1.807) is 46.1 Å². The molecule has 2 amide bonds. The van der Waals surface area contributed by atoms with Crippen molar-refractivity contribution in [2.75, 3.05) is 6.61 Å². The molecule has 24 heteroatoms. The summed E-state index contributed by atoms with van der Waals surface area (Å²) in [6, 6.07) is -1.25. The van der Waals surface area contributed by atoms with E-state index in [1.165, 1.54) is 20.8 Å². The Balaban J connectivity index is 0. The van der Waals surface area contributed by atoms with Crippen LogP contribution in [0.1, 0.15) is 76.4 Å². The summed E-state index contributed by atoms with van der Waals surface area (Å²) in [5.41, 5.74) is 5.92. The number of carbonyl (C=O) groups is 4. The number of aromatic nitrogens is 7. The SMILES string of the molecule is CC(=O)NC(C)c1nnc(C)[nH]c1=O.CC(N)=NN.CCOC(=O)C(=O)C(C)NC(C)=O.Cc1nn2c(C)nc(C)c2c(=O)[nH]1.O=P(Cl)(Cl)Cl. The zero-order valence-corrected chi connectivity index (χ0v) is 32.2. The van der Waals surface area contributed by atoms with Crippen molar-refractivity contribution in [2.45, 2.75) is 81.3 Å². The molecule has 0 aliphatic heterocycles. The van der Waals surface area contributed by atoms with E-state index in [2.05, 4.69) is 90.3 Å². The zero-order valence-electron chi connectivity index (χ0n) is 29.0. The van der Waals surface area contributed by atoms with Crippen LogP contribution in [0, 0.1) is 27.7 Å². The zero-order chi connectivity index (χ0) is 39.5. The van der Waals surface area contributed by atoms with Crippen LogP contribution < -0.4 is 33.3 Å². The molecule has 20 nitrogen and oxygen atoms in total.